The van der Waals surface area contributed by atoms with Crippen molar-refractivity contribution < 1.29 is 18.8 Å². The van der Waals surface area contributed by atoms with Crippen molar-refractivity contribution in [3.8, 4) is 27.3 Å². The fraction of sp³-hybridized carbons (Fsp3) is 0.316. The van der Waals surface area contributed by atoms with Gasteiger partial charge in [-0.3, -0.25) is 0 Å². The van der Waals surface area contributed by atoms with E-state index in [2.05, 4.69) is 20.8 Å². The molecule has 0 bridgehead atoms. The van der Waals surface area contributed by atoms with E-state index in [-0.39, 0.29) is 18.2 Å². The zero-order valence-electron chi connectivity index (χ0n) is 16.1. The summed E-state index contributed by atoms with van der Waals surface area (Å²) in [6.45, 7) is 5.75. The molecule has 1 atom stereocenters. The van der Waals surface area contributed by atoms with Gasteiger partial charge in [0.2, 0.25) is 0 Å². The van der Waals surface area contributed by atoms with Crippen LogP contribution < -0.4 is 20.1 Å². The van der Waals surface area contributed by atoms with Gasteiger partial charge in [-0.25, -0.2) is 9.78 Å². The van der Waals surface area contributed by atoms with Crippen molar-refractivity contribution in [3.05, 3.63) is 42.3 Å². The van der Waals surface area contributed by atoms with Crippen LogP contribution in [-0.4, -0.2) is 29.3 Å². The topological polar surface area (TPSA) is 98.5 Å². The molecule has 2 heterocycles. The van der Waals surface area contributed by atoms with Crippen molar-refractivity contribution in [1.29, 1.82) is 0 Å². The second kappa shape index (κ2) is 8.75. The van der Waals surface area contributed by atoms with Crippen molar-refractivity contribution in [2.24, 2.45) is 0 Å². The van der Waals surface area contributed by atoms with Gasteiger partial charge < -0.3 is 24.6 Å². The van der Waals surface area contributed by atoms with Gasteiger partial charge in [0.15, 0.2) is 5.76 Å². The van der Waals surface area contributed by atoms with Gasteiger partial charge in [0, 0.05) is 19.2 Å². The number of hydrogen-bond acceptors (Lipinski definition) is 7. The normalized spacial score (nSPS) is 11.9. The maximum atomic E-state index is 11.4. The van der Waals surface area contributed by atoms with Gasteiger partial charge >= 0.3 is 6.03 Å². The van der Waals surface area contributed by atoms with Crippen molar-refractivity contribution in [3.63, 3.8) is 0 Å². The fourth-order valence-corrected chi connectivity index (χ4v) is 3.09. The lowest BCUT2D eigenvalue weighted by molar-refractivity contribution is 0.236. The smallest absolute Gasteiger partial charge is 0.315 e. The van der Waals surface area contributed by atoms with Crippen LogP contribution in [0.25, 0.3) is 10.6 Å². The Hall–Kier alpha value is -3.07. The predicted molar refractivity (Wildman–Crippen MR) is 106 cm³/mol. The highest BCUT2D eigenvalue weighted by Crippen LogP contribution is 2.34. The Bertz CT molecular complexity index is 937. The van der Waals surface area contributed by atoms with E-state index in [9.17, 15) is 4.79 Å². The molecule has 1 unspecified atom stereocenters. The lowest BCUT2D eigenvalue weighted by atomic mass is 10.2. The highest BCUT2D eigenvalue weighted by molar-refractivity contribution is 7.16. The lowest BCUT2D eigenvalue weighted by Crippen LogP contribution is -2.34. The molecular weight excluding hydrogens is 380 g/mol. The number of nitrogens with zero attached hydrogens (tertiary/aromatic N) is 2. The molecule has 8 nitrogen and oxygen atoms in total. The largest absolute Gasteiger partial charge is 0.491 e. The van der Waals surface area contributed by atoms with Gasteiger partial charge in [-0.2, -0.15) is 0 Å². The summed E-state index contributed by atoms with van der Waals surface area (Å²) >= 11 is 1.35. The lowest BCUT2D eigenvalue weighted by Gasteiger charge is -2.10. The van der Waals surface area contributed by atoms with Crippen LogP contribution in [0.5, 0.6) is 16.7 Å². The number of carbonyl (C=O) groups is 1. The monoisotopic (exact) mass is 402 g/mol. The van der Waals surface area contributed by atoms with E-state index in [4.69, 9.17) is 14.0 Å². The molecule has 2 amide bonds. The molecular formula is C19H22N4O4S. The number of benzene rings is 1. The molecule has 28 heavy (non-hydrogen) atoms. The van der Waals surface area contributed by atoms with Gasteiger partial charge in [0.25, 0.3) is 5.19 Å². The molecule has 2 aromatic heterocycles. The molecule has 3 rings (SSSR count). The Morgan fingerprint density at radius 3 is 2.75 bits per heavy atom. The molecule has 0 aliphatic heterocycles. The molecule has 9 heteroatoms. The van der Waals surface area contributed by atoms with Crippen LogP contribution in [0.4, 0.5) is 4.79 Å². The number of aromatic nitrogens is 2. The maximum Gasteiger partial charge on any atom is 0.315 e. The number of hydrogen-bond donors (Lipinski definition) is 2. The Labute approximate surface area is 166 Å². The van der Waals surface area contributed by atoms with Crippen LogP contribution in [-0.2, 0) is 0 Å². The number of ether oxygens (including phenoxy) is 2. The van der Waals surface area contributed by atoms with Crippen LogP contribution in [0.2, 0.25) is 0 Å². The third-order valence-electron chi connectivity index (χ3n) is 3.65. The van der Waals surface area contributed by atoms with Gasteiger partial charge in [-0.1, -0.05) is 22.6 Å². The maximum absolute atomic E-state index is 11.4. The SMILES string of the molecule is CNC(=O)NC(C)c1cc(-c2cnc(Oc3cccc(OC(C)C)c3)s2)no1. The van der Waals surface area contributed by atoms with Crippen LogP contribution in [0.3, 0.4) is 0 Å². The second-order valence-electron chi connectivity index (χ2n) is 6.29. The Kier molecular flexibility index (Phi) is 6.15. The van der Waals surface area contributed by atoms with E-state index in [1.807, 2.05) is 45.0 Å². The first-order valence-electron chi connectivity index (χ1n) is 8.80. The highest BCUT2D eigenvalue weighted by Gasteiger charge is 2.17. The first-order valence-corrected chi connectivity index (χ1v) is 9.62. The standard InChI is InChI=1S/C19H22N4O4S/c1-11(2)25-13-6-5-7-14(8-13)26-19-21-10-17(28-19)15-9-16(27-23-15)12(3)22-18(24)20-4/h5-12H,1-4H3,(H2,20,22,24). The molecule has 0 radical (unpaired) electrons. The molecule has 0 aliphatic carbocycles. The Balaban J connectivity index is 1.68. The number of thiazole rings is 1. The van der Waals surface area contributed by atoms with Crippen LogP contribution >= 0.6 is 11.3 Å². The number of urea groups is 1. The van der Waals surface area contributed by atoms with E-state index >= 15 is 0 Å². The van der Waals surface area contributed by atoms with E-state index in [0.717, 1.165) is 10.6 Å². The summed E-state index contributed by atoms with van der Waals surface area (Å²) < 4.78 is 16.8. The molecule has 0 fully saturated rings. The number of amides is 2. The minimum atomic E-state index is -0.312. The van der Waals surface area contributed by atoms with E-state index in [1.54, 1.807) is 19.3 Å². The molecule has 2 N–H and O–H groups in total. The van der Waals surface area contributed by atoms with Gasteiger partial charge in [0.05, 0.1) is 23.2 Å². The molecule has 0 spiro atoms. The average molecular weight is 402 g/mol. The summed E-state index contributed by atoms with van der Waals surface area (Å²) in [7, 11) is 1.55. The first-order chi connectivity index (χ1) is 13.4. The van der Waals surface area contributed by atoms with Crippen LogP contribution in [0.15, 0.2) is 41.1 Å². The van der Waals surface area contributed by atoms with Crippen molar-refractivity contribution >= 4 is 17.4 Å². The molecule has 1 aromatic carbocycles. The molecule has 0 saturated carbocycles. The summed E-state index contributed by atoms with van der Waals surface area (Å²) in [4.78, 5) is 16.5. The summed E-state index contributed by atoms with van der Waals surface area (Å²) in [6.07, 6.45) is 1.76. The summed E-state index contributed by atoms with van der Waals surface area (Å²) in [6, 6.07) is 8.58. The van der Waals surface area contributed by atoms with E-state index in [1.165, 1.54) is 11.3 Å². The van der Waals surface area contributed by atoms with E-state index in [0.29, 0.717) is 22.4 Å². The average Bonchev–Trinajstić information content (AvgIpc) is 3.30. The van der Waals surface area contributed by atoms with Crippen molar-refractivity contribution in [2.75, 3.05) is 7.05 Å². The second-order valence-corrected chi connectivity index (χ2v) is 7.29. The summed E-state index contributed by atoms with van der Waals surface area (Å²) in [5, 5.41) is 9.77. The fourth-order valence-electron chi connectivity index (χ4n) is 2.36. The number of nitrogens with one attached hydrogen (secondary N) is 2. The number of rotatable bonds is 7. The summed E-state index contributed by atoms with van der Waals surface area (Å²) in [5.41, 5.74) is 0.629. The minimum Gasteiger partial charge on any atom is -0.491 e. The minimum absolute atomic E-state index is 0.0864. The predicted octanol–water partition coefficient (Wildman–Crippen LogP) is 4.37. The first kappa shape index (κ1) is 19.7. The van der Waals surface area contributed by atoms with E-state index < -0.39 is 0 Å². The molecule has 148 valence electrons. The van der Waals surface area contributed by atoms with Crippen LogP contribution in [0, 0.1) is 0 Å². The number of carbonyl (C=O) groups excluding carboxylic acids is 1. The third-order valence-corrected chi connectivity index (χ3v) is 4.55. The van der Waals surface area contributed by atoms with Crippen molar-refractivity contribution in [2.45, 2.75) is 32.9 Å². The summed E-state index contributed by atoms with van der Waals surface area (Å²) in [5.74, 6) is 1.93. The zero-order valence-corrected chi connectivity index (χ0v) is 16.9. The molecule has 3 aromatic rings. The van der Waals surface area contributed by atoms with Gasteiger partial charge in [-0.05, 0) is 32.9 Å². The van der Waals surface area contributed by atoms with Crippen LogP contribution in [0.1, 0.15) is 32.6 Å². The Morgan fingerprint density at radius 2 is 2.00 bits per heavy atom. The van der Waals surface area contributed by atoms with Crippen molar-refractivity contribution in [1.82, 2.24) is 20.8 Å². The zero-order chi connectivity index (χ0) is 20.1. The quantitative estimate of drug-likeness (QED) is 0.609. The third kappa shape index (κ3) is 5.01. The molecule has 0 aliphatic rings. The van der Waals surface area contributed by atoms with Gasteiger partial charge in [0.1, 0.15) is 17.2 Å². The molecule has 0 saturated heterocycles. The Morgan fingerprint density at radius 1 is 1.21 bits per heavy atom. The highest BCUT2D eigenvalue weighted by atomic mass is 32.1. The van der Waals surface area contributed by atoms with Gasteiger partial charge in [-0.15, -0.1) is 0 Å².